The quantitative estimate of drug-likeness (QED) is 0.774. The minimum Gasteiger partial charge on any atom is -0.497 e. The van der Waals surface area contributed by atoms with Crippen molar-refractivity contribution in [3.8, 4) is 5.75 Å². The highest BCUT2D eigenvalue weighted by Crippen LogP contribution is 2.42. The summed E-state index contributed by atoms with van der Waals surface area (Å²) in [6.07, 6.45) is 5.34. The van der Waals surface area contributed by atoms with E-state index < -0.39 is 5.97 Å². The van der Waals surface area contributed by atoms with Gasteiger partial charge in [0.25, 0.3) is 0 Å². The van der Waals surface area contributed by atoms with Crippen LogP contribution < -0.4 is 4.74 Å². The highest BCUT2D eigenvalue weighted by Gasteiger charge is 2.29. The minimum atomic E-state index is -0.885. The Balaban J connectivity index is 1.88. The van der Waals surface area contributed by atoms with E-state index in [9.17, 15) is 9.90 Å². The maximum atomic E-state index is 11.3. The fourth-order valence-corrected chi connectivity index (χ4v) is 4.20. The number of rotatable bonds is 6. The lowest BCUT2D eigenvalue weighted by Gasteiger charge is -2.35. The van der Waals surface area contributed by atoms with E-state index in [1.807, 2.05) is 18.2 Å². The number of carboxylic acid groups (broad SMARTS) is 1. The van der Waals surface area contributed by atoms with E-state index >= 15 is 0 Å². The Morgan fingerprint density at radius 1 is 1.21 bits per heavy atom. The molecule has 4 nitrogen and oxygen atoms in total. The Morgan fingerprint density at radius 3 is 2.71 bits per heavy atom. The summed E-state index contributed by atoms with van der Waals surface area (Å²) in [6, 6.07) is 15.6. The zero-order chi connectivity index (χ0) is 20.1. The molecule has 1 saturated carbocycles. The summed E-state index contributed by atoms with van der Waals surface area (Å²) in [5.41, 5.74) is 3.99. The number of nitrogens with zero attached hydrogens (tertiary/aromatic N) is 1. The second-order valence-corrected chi connectivity index (χ2v) is 7.88. The van der Waals surface area contributed by atoms with Gasteiger partial charge in [-0.2, -0.15) is 0 Å². The van der Waals surface area contributed by atoms with Crippen LogP contribution >= 0.6 is 0 Å². The van der Waals surface area contributed by atoms with Crippen molar-refractivity contribution < 1.29 is 14.6 Å². The third-order valence-corrected chi connectivity index (χ3v) is 5.51. The van der Waals surface area contributed by atoms with Gasteiger partial charge in [-0.25, -0.2) is 4.79 Å². The van der Waals surface area contributed by atoms with Crippen LogP contribution in [0.4, 0.5) is 0 Å². The van der Waals surface area contributed by atoms with Crippen LogP contribution in [0.3, 0.4) is 0 Å². The lowest BCUT2D eigenvalue weighted by molar-refractivity contribution is 0.0697. The molecular formula is C24H29NO3. The van der Waals surface area contributed by atoms with Gasteiger partial charge in [0.15, 0.2) is 0 Å². The molecule has 0 saturated heterocycles. The second kappa shape index (κ2) is 9.07. The van der Waals surface area contributed by atoms with Gasteiger partial charge in [0.05, 0.1) is 12.7 Å². The predicted molar refractivity (Wildman–Crippen MR) is 113 cm³/mol. The molecule has 4 heteroatoms. The van der Waals surface area contributed by atoms with Crippen molar-refractivity contribution in [2.24, 2.45) is 5.92 Å². The molecule has 0 amide bonds. The zero-order valence-corrected chi connectivity index (χ0v) is 16.9. The van der Waals surface area contributed by atoms with Crippen LogP contribution in [0.2, 0.25) is 0 Å². The molecule has 0 radical (unpaired) electrons. The van der Waals surface area contributed by atoms with Gasteiger partial charge in [-0.3, -0.25) is 0 Å². The Labute approximate surface area is 167 Å². The van der Waals surface area contributed by atoms with Crippen molar-refractivity contribution in [1.29, 1.82) is 0 Å². The van der Waals surface area contributed by atoms with Gasteiger partial charge in [0, 0.05) is 6.54 Å². The van der Waals surface area contributed by atoms with Crippen molar-refractivity contribution in [3.63, 3.8) is 0 Å². The fraction of sp³-hybridized carbons (Fsp3) is 0.375. The Morgan fingerprint density at radius 2 is 2.00 bits per heavy atom. The monoisotopic (exact) mass is 379 g/mol. The SMILES string of the molecule is COc1cccc([C@@H]2CC(=Cc3cccc(C(=O)O)c3)CC[C@H]2CN(C)C)c1. The molecule has 0 aliphatic heterocycles. The number of benzene rings is 2. The second-order valence-electron chi connectivity index (χ2n) is 7.88. The van der Waals surface area contributed by atoms with Crippen LogP contribution in [0.5, 0.6) is 5.75 Å². The first-order valence-electron chi connectivity index (χ1n) is 9.77. The van der Waals surface area contributed by atoms with Crippen molar-refractivity contribution >= 4 is 12.0 Å². The molecular weight excluding hydrogens is 350 g/mol. The average Bonchev–Trinajstić information content (AvgIpc) is 2.69. The molecule has 2 aromatic rings. The lowest BCUT2D eigenvalue weighted by Crippen LogP contribution is -2.29. The van der Waals surface area contributed by atoms with E-state index in [4.69, 9.17) is 4.74 Å². The molecule has 148 valence electrons. The maximum Gasteiger partial charge on any atom is 0.335 e. The molecule has 3 rings (SSSR count). The van der Waals surface area contributed by atoms with Crippen LogP contribution in [0.25, 0.3) is 6.08 Å². The lowest BCUT2D eigenvalue weighted by atomic mass is 9.73. The molecule has 1 N–H and O–H groups in total. The molecule has 1 aliphatic carbocycles. The first-order valence-corrected chi connectivity index (χ1v) is 9.77. The van der Waals surface area contributed by atoms with E-state index in [0.717, 1.165) is 37.1 Å². The van der Waals surface area contributed by atoms with Crippen LogP contribution in [0.15, 0.2) is 54.1 Å². The molecule has 0 heterocycles. The van der Waals surface area contributed by atoms with Gasteiger partial charge in [-0.15, -0.1) is 0 Å². The Hall–Kier alpha value is -2.59. The van der Waals surface area contributed by atoms with Crippen LogP contribution in [0.1, 0.15) is 46.7 Å². The van der Waals surface area contributed by atoms with E-state index in [2.05, 4.69) is 43.3 Å². The topological polar surface area (TPSA) is 49.8 Å². The number of hydrogen-bond acceptors (Lipinski definition) is 3. The number of methoxy groups -OCH3 is 1. The standard InChI is InChI=1S/C24H29NO3/c1-25(2)16-21-11-10-18(12-17-6-4-8-20(13-17)24(26)27)14-23(21)19-7-5-9-22(15-19)28-3/h4-9,12-13,15,21,23H,10-11,14,16H2,1-3H3,(H,26,27)/t21-,23-/m0/s1. The highest BCUT2D eigenvalue weighted by molar-refractivity contribution is 5.88. The first kappa shape index (κ1) is 20.2. The fourth-order valence-electron chi connectivity index (χ4n) is 4.20. The molecule has 0 unspecified atom stereocenters. The summed E-state index contributed by atoms with van der Waals surface area (Å²) >= 11 is 0. The Kier molecular flexibility index (Phi) is 6.53. The molecule has 0 bridgehead atoms. The summed E-state index contributed by atoms with van der Waals surface area (Å²) in [6.45, 7) is 1.06. The van der Waals surface area contributed by atoms with Gasteiger partial charge in [-0.05, 0) is 80.6 Å². The average molecular weight is 380 g/mol. The smallest absolute Gasteiger partial charge is 0.335 e. The van der Waals surface area contributed by atoms with E-state index in [-0.39, 0.29) is 0 Å². The van der Waals surface area contributed by atoms with Gasteiger partial charge >= 0.3 is 5.97 Å². The summed E-state index contributed by atoms with van der Waals surface area (Å²) in [4.78, 5) is 13.5. The van der Waals surface area contributed by atoms with Crippen molar-refractivity contribution in [2.45, 2.75) is 25.2 Å². The van der Waals surface area contributed by atoms with E-state index in [0.29, 0.717) is 17.4 Å². The predicted octanol–water partition coefficient (Wildman–Crippen LogP) is 4.92. The van der Waals surface area contributed by atoms with Gasteiger partial charge in [0.1, 0.15) is 5.75 Å². The number of allylic oxidation sites excluding steroid dienone is 1. The third kappa shape index (κ3) is 5.02. The van der Waals surface area contributed by atoms with E-state index in [1.54, 1.807) is 19.2 Å². The van der Waals surface area contributed by atoms with Crippen molar-refractivity contribution in [3.05, 3.63) is 70.8 Å². The maximum absolute atomic E-state index is 11.3. The minimum absolute atomic E-state index is 0.333. The first-order chi connectivity index (χ1) is 13.5. The van der Waals surface area contributed by atoms with Crippen molar-refractivity contribution in [2.75, 3.05) is 27.7 Å². The molecule has 0 aromatic heterocycles. The number of aromatic carboxylic acids is 1. The third-order valence-electron chi connectivity index (χ3n) is 5.51. The molecule has 28 heavy (non-hydrogen) atoms. The summed E-state index contributed by atoms with van der Waals surface area (Å²) in [5, 5.41) is 9.24. The molecule has 1 fully saturated rings. The van der Waals surface area contributed by atoms with E-state index in [1.165, 1.54) is 11.1 Å². The van der Waals surface area contributed by atoms with Gasteiger partial charge < -0.3 is 14.7 Å². The number of carboxylic acids is 1. The molecule has 2 aromatic carbocycles. The van der Waals surface area contributed by atoms with Crippen LogP contribution in [-0.4, -0.2) is 43.7 Å². The zero-order valence-electron chi connectivity index (χ0n) is 16.9. The number of hydrogen-bond donors (Lipinski definition) is 1. The number of carbonyl (C=O) groups is 1. The van der Waals surface area contributed by atoms with Gasteiger partial charge in [-0.1, -0.05) is 35.9 Å². The Bertz CT molecular complexity index is 856. The largest absolute Gasteiger partial charge is 0.497 e. The summed E-state index contributed by atoms with van der Waals surface area (Å²) < 4.78 is 5.44. The van der Waals surface area contributed by atoms with Gasteiger partial charge in [0.2, 0.25) is 0 Å². The highest BCUT2D eigenvalue weighted by atomic mass is 16.5. The summed E-state index contributed by atoms with van der Waals surface area (Å²) in [7, 11) is 5.97. The van der Waals surface area contributed by atoms with Crippen LogP contribution in [0, 0.1) is 5.92 Å². The van der Waals surface area contributed by atoms with Crippen LogP contribution in [-0.2, 0) is 0 Å². The molecule has 1 aliphatic rings. The van der Waals surface area contributed by atoms with Crippen molar-refractivity contribution in [1.82, 2.24) is 4.90 Å². The molecule has 0 spiro atoms. The summed E-state index contributed by atoms with van der Waals surface area (Å²) in [5.74, 6) is 1.03. The number of ether oxygens (including phenoxy) is 1. The molecule has 2 atom stereocenters. The normalized spacial score (nSPS) is 21.1.